The first kappa shape index (κ1) is 17.9. The number of ether oxygens (including phenoxy) is 3. The van der Waals surface area contributed by atoms with E-state index in [0.29, 0.717) is 0 Å². The summed E-state index contributed by atoms with van der Waals surface area (Å²) in [6.45, 7) is 0.474. The van der Waals surface area contributed by atoms with E-state index in [1.807, 2.05) is 0 Å². The highest BCUT2D eigenvalue weighted by Crippen LogP contribution is 2.28. The molecule has 12 nitrogen and oxygen atoms in total. The van der Waals surface area contributed by atoms with Crippen LogP contribution in [0.4, 0.5) is 0 Å². The molecule has 2 heterocycles. The van der Waals surface area contributed by atoms with Crippen LogP contribution in [0.1, 0.15) is 6.92 Å². The van der Waals surface area contributed by atoms with Crippen LogP contribution in [-0.4, -0.2) is 73.6 Å². The summed E-state index contributed by atoms with van der Waals surface area (Å²) in [6, 6.07) is -0.506. The van der Waals surface area contributed by atoms with Crippen LogP contribution in [0, 0.1) is 10.1 Å². The number of amides is 2. The number of nitrogens with one attached hydrogen (secondary N) is 2. The Morgan fingerprint density at radius 1 is 1.21 bits per heavy atom. The highest BCUT2D eigenvalue weighted by atomic mass is 17.0. The van der Waals surface area contributed by atoms with E-state index < -0.39 is 53.8 Å². The second-order valence-corrected chi connectivity index (χ2v) is 5.19. The lowest BCUT2D eigenvalue weighted by Crippen LogP contribution is -2.48. The first-order valence-corrected chi connectivity index (χ1v) is 7.10. The Labute approximate surface area is 135 Å². The van der Waals surface area contributed by atoms with Gasteiger partial charge in [-0.2, -0.15) is 0 Å². The first-order valence-electron chi connectivity index (χ1n) is 7.10. The molecule has 4 atom stereocenters. The fourth-order valence-corrected chi connectivity index (χ4v) is 2.44. The van der Waals surface area contributed by atoms with Crippen LogP contribution in [-0.2, 0) is 33.4 Å². The van der Waals surface area contributed by atoms with Crippen LogP contribution in [0.5, 0.6) is 0 Å². The molecule has 0 aromatic heterocycles. The molecule has 0 aromatic carbocycles. The summed E-state index contributed by atoms with van der Waals surface area (Å²) in [6.07, 6.45) is -2.04. The standard InChI is InChI=1S/C12H17N3O9/c1-6(16)21-5-10(18)13-2-9(17)14-7-3-22-12-8(24-15(19)20)4-23-11(7)12/h7-8,11-12H,2-5H2,1H3,(H,13,18)(H,14,17)/t7-,8+,11-,12-/m1/s1. The van der Waals surface area contributed by atoms with Crippen molar-refractivity contribution >= 4 is 17.8 Å². The third-order valence-electron chi connectivity index (χ3n) is 3.43. The molecule has 0 spiro atoms. The molecule has 0 radical (unpaired) electrons. The molecule has 2 aliphatic heterocycles. The summed E-state index contributed by atoms with van der Waals surface area (Å²) in [7, 11) is 0. The summed E-state index contributed by atoms with van der Waals surface area (Å²) < 4.78 is 15.2. The molecule has 2 saturated heterocycles. The van der Waals surface area contributed by atoms with Gasteiger partial charge in [0.05, 0.1) is 25.8 Å². The molecule has 134 valence electrons. The van der Waals surface area contributed by atoms with Gasteiger partial charge in [0.2, 0.25) is 5.91 Å². The van der Waals surface area contributed by atoms with E-state index in [-0.39, 0.29) is 19.8 Å². The van der Waals surface area contributed by atoms with E-state index in [1.54, 1.807) is 0 Å². The van der Waals surface area contributed by atoms with E-state index in [4.69, 9.17) is 9.47 Å². The van der Waals surface area contributed by atoms with E-state index >= 15 is 0 Å². The van der Waals surface area contributed by atoms with Crippen molar-refractivity contribution in [2.45, 2.75) is 31.3 Å². The van der Waals surface area contributed by atoms with Crippen molar-refractivity contribution < 1.29 is 38.5 Å². The van der Waals surface area contributed by atoms with Gasteiger partial charge in [-0.15, -0.1) is 10.1 Å². The third kappa shape index (κ3) is 4.76. The van der Waals surface area contributed by atoms with E-state index in [0.717, 1.165) is 6.92 Å². The maximum absolute atomic E-state index is 11.8. The van der Waals surface area contributed by atoms with Crippen LogP contribution < -0.4 is 10.6 Å². The molecule has 2 rings (SSSR count). The Hall–Kier alpha value is -2.47. The van der Waals surface area contributed by atoms with E-state index in [2.05, 4.69) is 20.2 Å². The van der Waals surface area contributed by atoms with Crippen LogP contribution >= 0.6 is 0 Å². The normalized spacial score (nSPS) is 27.9. The van der Waals surface area contributed by atoms with Crippen molar-refractivity contribution in [3.8, 4) is 0 Å². The summed E-state index contributed by atoms with van der Waals surface area (Å²) in [5, 5.41) is 14.4. The maximum atomic E-state index is 11.8. The van der Waals surface area contributed by atoms with Crippen LogP contribution in [0.15, 0.2) is 0 Å². The van der Waals surface area contributed by atoms with Gasteiger partial charge in [0.25, 0.3) is 11.0 Å². The Bertz CT molecular complexity index is 526. The molecular weight excluding hydrogens is 330 g/mol. The van der Waals surface area contributed by atoms with Gasteiger partial charge >= 0.3 is 5.97 Å². The lowest BCUT2D eigenvalue weighted by Gasteiger charge is -2.17. The van der Waals surface area contributed by atoms with E-state index in [9.17, 15) is 24.5 Å². The van der Waals surface area contributed by atoms with Crippen LogP contribution in [0.2, 0.25) is 0 Å². The molecule has 12 heteroatoms. The summed E-state index contributed by atoms with van der Waals surface area (Å²) >= 11 is 0. The summed E-state index contributed by atoms with van der Waals surface area (Å²) in [5.41, 5.74) is 0. The Kier molecular flexibility index (Phi) is 5.87. The van der Waals surface area contributed by atoms with Gasteiger partial charge in [-0.05, 0) is 0 Å². The molecule has 0 bridgehead atoms. The topological polar surface area (TPSA) is 155 Å². The second-order valence-electron chi connectivity index (χ2n) is 5.19. The number of fused-ring (bicyclic) bond motifs is 1. The zero-order valence-electron chi connectivity index (χ0n) is 12.8. The van der Waals surface area contributed by atoms with E-state index in [1.165, 1.54) is 0 Å². The molecule has 2 aliphatic rings. The van der Waals surface area contributed by atoms with Gasteiger partial charge < -0.3 is 29.7 Å². The van der Waals surface area contributed by atoms with Crippen molar-refractivity contribution in [2.24, 2.45) is 0 Å². The minimum Gasteiger partial charge on any atom is -0.456 e. The van der Waals surface area contributed by atoms with Crippen LogP contribution in [0.25, 0.3) is 0 Å². The average molecular weight is 347 g/mol. The highest BCUT2D eigenvalue weighted by molar-refractivity contribution is 5.86. The second kappa shape index (κ2) is 7.88. The third-order valence-corrected chi connectivity index (χ3v) is 3.43. The minimum absolute atomic E-state index is 0.0121. The average Bonchev–Trinajstić information content (AvgIpc) is 3.07. The molecule has 0 aliphatic carbocycles. The molecule has 2 fully saturated rings. The highest BCUT2D eigenvalue weighted by Gasteiger charge is 2.49. The molecule has 0 unspecified atom stereocenters. The number of rotatable bonds is 7. The monoisotopic (exact) mass is 347 g/mol. The Morgan fingerprint density at radius 2 is 1.92 bits per heavy atom. The van der Waals surface area contributed by atoms with Gasteiger partial charge in [-0.1, -0.05) is 0 Å². The molecule has 2 N–H and O–H groups in total. The summed E-state index contributed by atoms with van der Waals surface area (Å²) in [4.78, 5) is 48.5. The predicted octanol–water partition coefficient (Wildman–Crippen LogP) is -2.47. The van der Waals surface area contributed by atoms with Gasteiger partial charge in [0.1, 0.15) is 12.2 Å². The number of hydrogen-bond donors (Lipinski definition) is 2. The Balaban J connectivity index is 1.72. The molecule has 0 aromatic rings. The van der Waals surface area contributed by atoms with Crippen molar-refractivity contribution in [1.82, 2.24) is 10.6 Å². The predicted molar refractivity (Wildman–Crippen MR) is 72.9 cm³/mol. The van der Waals surface area contributed by atoms with Gasteiger partial charge in [-0.25, -0.2) is 0 Å². The fourth-order valence-electron chi connectivity index (χ4n) is 2.44. The molecule has 0 saturated carbocycles. The van der Waals surface area contributed by atoms with Gasteiger partial charge in [0.15, 0.2) is 12.7 Å². The number of carbonyl (C=O) groups is 3. The first-order chi connectivity index (χ1) is 11.4. The summed E-state index contributed by atoms with van der Waals surface area (Å²) in [5.74, 6) is -1.71. The minimum atomic E-state index is -0.912. The number of hydrogen-bond acceptors (Lipinski definition) is 9. The lowest BCUT2D eigenvalue weighted by atomic mass is 10.1. The van der Waals surface area contributed by atoms with Crippen molar-refractivity contribution in [3.63, 3.8) is 0 Å². The largest absolute Gasteiger partial charge is 0.456 e. The Morgan fingerprint density at radius 3 is 2.58 bits per heavy atom. The molecule has 2 amide bonds. The molecule has 24 heavy (non-hydrogen) atoms. The van der Waals surface area contributed by atoms with Crippen molar-refractivity contribution in [3.05, 3.63) is 10.1 Å². The number of esters is 1. The van der Waals surface area contributed by atoms with Crippen molar-refractivity contribution in [2.75, 3.05) is 26.4 Å². The molecular formula is C12H17N3O9. The van der Waals surface area contributed by atoms with Crippen molar-refractivity contribution in [1.29, 1.82) is 0 Å². The smallest absolute Gasteiger partial charge is 0.303 e. The number of nitrogens with zero attached hydrogens (tertiary/aromatic N) is 1. The van der Waals surface area contributed by atoms with Crippen LogP contribution in [0.3, 0.4) is 0 Å². The zero-order chi connectivity index (χ0) is 17.7. The zero-order valence-corrected chi connectivity index (χ0v) is 12.8. The van der Waals surface area contributed by atoms with Gasteiger partial charge in [0, 0.05) is 6.92 Å². The lowest BCUT2D eigenvalue weighted by molar-refractivity contribution is -0.769. The quantitative estimate of drug-likeness (QED) is 0.289. The maximum Gasteiger partial charge on any atom is 0.303 e. The SMILES string of the molecule is CC(=O)OCC(=O)NCC(=O)N[C@@H]1CO[C@H]2[C@@H]1OC[C@@H]2O[N+](=O)[O-]. The van der Waals surface area contributed by atoms with Gasteiger partial charge in [-0.3, -0.25) is 14.4 Å². The fraction of sp³-hybridized carbons (Fsp3) is 0.750. The number of carbonyl (C=O) groups excluding carboxylic acids is 3.